The molecule has 0 unspecified atom stereocenters. The summed E-state index contributed by atoms with van der Waals surface area (Å²) in [6.07, 6.45) is -1.17. The van der Waals surface area contributed by atoms with Crippen LogP contribution in [-0.4, -0.2) is 74.7 Å². The van der Waals surface area contributed by atoms with Crippen LogP contribution >= 0.6 is 11.3 Å². The van der Waals surface area contributed by atoms with Gasteiger partial charge in [0.25, 0.3) is 0 Å². The smallest absolute Gasteiger partial charge is 0.475 e. The minimum absolute atomic E-state index is 0.338. The van der Waals surface area contributed by atoms with Gasteiger partial charge in [-0.15, -0.1) is 11.3 Å². The quantitative estimate of drug-likeness (QED) is 0.459. The van der Waals surface area contributed by atoms with E-state index < -0.39 is 24.3 Å². The van der Waals surface area contributed by atoms with Gasteiger partial charge in [0.15, 0.2) is 0 Å². The van der Waals surface area contributed by atoms with Crippen molar-refractivity contribution in [3.8, 4) is 0 Å². The summed E-state index contributed by atoms with van der Waals surface area (Å²) >= 11 is 1.74. The number of pyridine rings is 1. The van der Waals surface area contributed by atoms with Crippen LogP contribution in [0.1, 0.15) is 35.5 Å². The Kier molecular flexibility index (Phi) is 11.5. The standard InChI is InChI=1S/C19H25N3OS.2C2HF3O2/c1-14-21-17(13-24-14)11-22-8-6-19(23-12-15-4-5-15)18(22)9-16-3-2-7-20-10-16;2*3-2(4,5)1(6)7/h2-3,7,10,13,15,18-19H,4-6,8-9,11-12H2,1H3;2*(H,6,7)/t18-,19-;;/m0../s1. The molecule has 2 aromatic heterocycles. The molecule has 0 aromatic carbocycles. The summed E-state index contributed by atoms with van der Waals surface area (Å²) in [5.41, 5.74) is 2.49. The molecule has 2 atom stereocenters. The summed E-state index contributed by atoms with van der Waals surface area (Å²) in [6, 6.07) is 4.63. The Balaban J connectivity index is 0.000000301. The summed E-state index contributed by atoms with van der Waals surface area (Å²) in [5.74, 6) is -4.70. The fourth-order valence-corrected chi connectivity index (χ4v) is 4.13. The summed E-state index contributed by atoms with van der Waals surface area (Å²) in [4.78, 5) is 29.3. The summed E-state index contributed by atoms with van der Waals surface area (Å²) < 4.78 is 69.8. The van der Waals surface area contributed by atoms with E-state index in [1.807, 2.05) is 18.5 Å². The molecule has 2 aromatic rings. The lowest BCUT2D eigenvalue weighted by atomic mass is 10.0. The highest BCUT2D eigenvalue weighted by atomic mass is 32.1. The van der Waals surface area contributed by atoms with Crippen molar-refractivity contribution in [2.45, 2.75) is 63.7 Å². The Morgan fingerprint density at radius 2 is 1.71 bits per heavy atom. The Labute approximate surface area is 218 Å². The molecule has 0 spiro atoms. The maximum Gasteiger partial charge on any atom is 0.490 e. The molecule has 212 valence electrons. The second kappa shape index (κ2) is 13.8. The van der Waals surface area contributed by atoms with E-state index in [0.29, 0.717) is 12.1 Å². The van der Waals surface area contributed by atoms with Gasteiger partial charge in [-0.05, 0) is 50.2 Å². The average molecular weight is 572 g/mol. The molecule has 1 aliphatic carbocycles. The number of aromatic nitrogens is 2. The van der Waals surface area contributed by atoms with Crippen molar-refractivity contribution in [1.29, 1.82) is 0 Å². The molecule has 2 fully saturated rings. The van der Waals surface area contributed by atoms with Crippen LogP contribution in [0.2, 0.25) is 0 Å². The van der Waals surface area contributed by atoms with Gasteiger partial charge in [-0.1, -0.05) is 6.07 Å². The maximum atomic E-state index is 10.6. The molecule has 1 aliphatic heterocycles. The van der Waals surface area contributed by atoms with E-state index in [1.165, 1.54) is 24.1 Å². The largest absolute Gasteiger partial charge is 0.490 e. The number of hydrogen-bond acceptors (Lipinski definition) is 7. The van der Waals surface area contributed by atoms with Gasteiger partial charge >= 0.3 is 24.3 Å². The van der Waals surface area contributed by atoms with Crippen molar-refractivity contribution in [2.75, 3.05) is 13.2 Å². The van der Waals surface area contributed by atoms with Crippen LogP contribution in [0.15, 0.2) is 29.9 Å². The predicted molar refractivity (Wildman–Crippen MR) is 123 cm³/mol. The first-order chi connectivity index (χ1) is 17.7. The SMILES string of the molecule is Cc1nc(CN2CC[C@H](OCC3CC3)[C@@H]2Cc2cccnc2)cs1.O=C(O)C(F)(F)F.O=C(O)C(F)(F)F. The molecule has 0 bridgehead atoms. The van der Waals surface area contributed by atoms with E-state index in [9.17, 15) is 26.3 Å². The fourth-order valence-electron chi connectivity index (χ4n) is 3.53. The van der Waals surface area contributed by atoms with Crippen molar-refractivity contribution in [2.24, 2.45) is 5.92 Å². The number of likely N-dealkylation sites (tertiary alicyclic amines) is 1. The number of aryl methyl sites for hydroxylation is 1. The maximum absolute atomic E-state index is 10.6. The van der Waals surface area contributed by atoms with Crippen molar-refractivity contribution in [1.82, 2.24) is 14.9 Å². The summed E-state index contributed by atoms with van der Waals surface area (Å²) in [6.45, 7) is 5.04. The Bertz CT molecular complexity index is 1010. The number of thiazole rings is 1. The van der Waals surface area contributed by atoms with Gasteiger partial charge in [0, 0.05) is 43.5 Å². The molecule has 1 saturated carbocycles. The van der Waals surface area contributed by atoms with Gasteiger partial charge in [-0.2, -0.15) is 26.3 Å². The lowest BCUT2D eigenvalue weighted by molar-refractivity contribution is -0.193. The summed E-state index contributed by atoms with van der Waals surface area (Å²) in [5, 5.41) is 17.6. The second-order valence-electron chi connectivity index (χ2n) is 8.67. The zero-order valence-electron chi connectivity index (χ0n) is 20.2. The Morgan fingerprint density at radius 1 is 1.11 bits per heavy atom. The first-order valence-electron chi connectivity index (χ1n) is 11.4. The van der Waals surface area contributed by atoms with E-state index in [2.05, 4.69) is 33.2 Å². The third-order valence-electron chi connectivity index (χ3n) is 5.53. The van der Waals surface area contributed by atoms with E-state index in [0.717, 1.165) is 43.5 Å². The van der Waals surface area contributed by atoms with Crippen LogP contribution in [0.4, 0.5) is 26.3 Å². The third kappa shape index (κ3) is 11.3. The number of carbonyl (C=O) groups is 2. The van der Waals surface area contributed by atoms with Crippen LogP contribution < -0.4 is 0 Å². The molecule has 3 heterocycles. The molecule has 0 amide bonds. The summed E-state index contributed by atoms with van der Waals surface area (Å²) in [7, 11) is 0. The van der Waals surface area contributed by atoms with Crippen LogP contribution in [0.25, 0.3) is 0 Å². The fraction of sp³-hybridized carbons (Fsp3) is 0.565. The molecular formula is C23H27F6N3O5S. The number of hydrogen-bond donors (Lipinski definition) is 2. The van der Waals surface area contributed by atoms with E-state index in [4.69, 9.17) is 24.5 Å². The number of carboxylic acids is 2. The molecule has 4 rings (SSSR count). The number of ether oxygens (including phenoxy) is 1. The van der Waals surface area contributed by atoms with E-state index >= 15 is 0 Å². The Morgan fingerprint density at radius 3 is 2.16 bits per heavy atom. The number of halogens is 6. The van der Waals surface area contributed by atoms with Gasteiger partial charge < -0.3 is 14.9 Å². The van der Waals surface area contributed by atoms with Crippen molar-refractivity contribution >= 4 is 23.3 Å². The molecular weight excluding hydrogens is 544 g/mol. The minimum atomic E-state index is -5.08. The van der Waals surface area contributed by atoms with Gasteiger partial charge in [0.1, 0.15) is 0 Å². The van der Waals surface area contributed by atoms with E-state index in [-0.39, 0.29) is 0 Å². The lowest BCUT2D eigenvalue weighted by Crippen LogP contribution is -2.38. The first kappa shape index (κ1) is 31.4. The van der Waals surface area contributed by atoms with Crippen LogP contribution in [0.5, 0.6) is 0 Å². The van der Waals surface area contributed by atoms with E-state index in [1.54, 1.807) is 11.3 Å². The number of carboxylic acid groups (broad SMARTS) is 2. The Hall–Kier alpha value is -2.78. The molecule has 15 heteroatoms. The van der Waals surface area contributed by atoms with Crippen LogP contribution in [0.3, 0.4) is 0 Å². The van der Waals surface area contributed by atoms with Gasteiger partial charge in [-0.25, -0.2) is 14.6 Å². The molecule has 8 nitrogen and oxygen atoms in total. The molecule has 2 aliphatic rings. The van der Waals surface area contributed by atoms with Crippen molar-refractivity contribution in [3.05, 3.63) is 46.2 Å². The zero-order chi connectivity index (χ0) is 28.5. The van der Waals surface area contributed by atoms with Crippen molar-refractivity contribution < 1.29 is 50.9 Å². The molecule has 1 saturated heterocycles. The highest BCUT2D eigenvalue weighted by Gasteiger charge is 2.39. The van der Waals surface area contributed by atoms with Gasteiger partial charge in [-0.3, -0.25) is 9.88 Å². The number of nitrogens with zero attached hydrogens (tertiary/aromatic N) is 3. The average Bonchev–Trinajstić information content (AvgIpc) is 3.46. The lowest BCUT2D eigenvalue weighted by Gasteiger charge is -2.28. The normalized spacial score (nSPS) is 19.7. The first-order valence-corrected chi connectivity index (χ1v) is 12.3. The molecule has 0 radical (unpaired) electrons. The second-order valence-corrected chi connectivity index (χ2v) is 9.73. The topological polar surface area (TPSA) is 113 Å². The number of rotatable bonds is 7. The van der Waals surface area contributed by atoms with Crippen LogP contribution in [-0.2, 0) is 27.3 Å². The number of aliphatic carboxylic acids is 2. The minimum Gasteiger partial charge on any atom is -0.475 e. The number of alkyl halides is 6. The zero-order valence-corrected chi connectivity index (χ0v) is 21.0. The predicted octanol–water partition coefficient (Wildman–Crippen LogP) is 4.73. The van der Waals surface area contributed by atoms with Crippen molar-refractivity contribution in [3.63, 3.8) is 0 Å². The molecule has 2 N–H and O–H groups in total. The molecule has 38 heavy (non-hydrogen) atoms. The third-order valence-corrected chi connectivity index (χ3v) is 6.35. The van der Waals surface area contributed by atoms with Gasteiger partial charge in [0.2, 0.25) is 0 Å². The monoisotopic (exact) mass is 571 g/mol. The van der Waals surface area contributed by atoms with Crippen LogP contribution in [0, 0.1) is 12.8 Å². The highest BCUT2D eigenvalue weighted by Crippen LogP contribution is 2.32. The highest BCUT2D eigenvalue weighted by molar-refractivity contribution is 7.09. The van der Waals surface area contributed by atoms with Gasteiger partial charge in [0.05, 0.1) is 16.8 Å².